The van der Waals surface area contributed by atoms with Gasteiger partial charge in [0.2, 0.25) is 0 Å². The summed E-state index contributed by atoms with van der Waals surface area (Å²) in [7, 11) is 0. The smallest absolute Gasteiger partial charge is 0.141 e. The third kappa shape index (κ3) is 4.09. The average molecular weight is 414 g/mol. The SMILES string of the molecule is CC(C)c1cc(Br)ccc1Oc1ccc([C@H](C)O)cc1Br. The zero-order valence-electron chi connectivity index (χ0n) is 12.2. The topological polar surface area (TPSA) is 29.5 Å². The molecule has 112 valence electrons. The standard InChI is InChI=1S/C17H18Br2O2/c1-10(2)14-9-13(18)5-7-16(14)21-17-6-4-12(11(3)20)8-15(17)19/h4-11,20H,1-3H3/t11-/m0/s1. The van der Waals surface area contributed by atoms with Crippen LogP contribution in [0.5, 0.6) is 11.5 Å². The third-order valence-electron chi connectivity index (χ3n) is 3.25. The van der Waals surface area contributed by atoms with E-state index >= 15 is 0 Å². The summed E-state index contributed by atoms with van der Waals surface area (Å²) in [5.41, 5.74) is 2.00. The first-order chi connectivity index (χ1) is 9.88. The van der Waals surface area contributed by atoms with E-state index < -0.39 is 6.10 Å². The predicted molar refractivity (Wildman–Crippen MR) is 93.1 cm³/mol. The molecule has 2 aromatic carbocycles. The first-order valence-electron chi connectivity index (χ1n) is 6.83. The number of hydrogen-bond acceptors (Lipinski definition) is 2. The Morgan fingerprint density at radius 2 is 1.62 bits per heavy atom. The zero-order valence-corrected chi connectivity index (χ0v) is 15.4. The molecular weight excluding hydrogens is 396 g/mol. The summed E-state index contributed by atoms with van der Waals surface area (Å²) in [5.74, 6) is 1.95. The van der Waals surface area contributed by atoms with E-state index in [1.807, 2.05) is 30.3 Å². The molecule has 2 nitrogen and oxygen atoms in total. The number of ether oxygens (including phenoxy) is 1. The van der Waals surface area contributed by atoms with Crippen molar-refractivity contribution in [2.24, 2.45) is 0 Å². The highest BCUT2D eigenvalue weighted by Gasteiger charge is 2.12. The highest BCUT2D eigenvalue weighted by molar-refractivity contribution is 9.10. The van der Waals surface area contributed by atoms with Crippen LogP contribution in [0.2, 0.25) is 0 Å². The third-order valence-corrected chi connectivity index (χ3v) is 4.37. The van der Waals surface area contributed by atoms with Crippen LogP contribution in [0.4, 0.5) is 0 Å². The maximum absolute atomic E-state index is 9.61. The van der Waals surface area contributed by atoms with Gasteiger partial charge < -0.3 is 9.84 Å². The molecule has 2 aromatic rings. The van der Waals surface area contributed by atoms with Gasteiger partial charge in [0, 0.05) is 4.47 Å². The normalized spacial score (nSPS) is 12.5. The summed E-state index contributed by atoms with van der Waals surface area (Å²) in [6.45, 7) is 6.02. The minimum Gasteiger partial charge on any atom is -0.456 e. The van der Waals surface area contributed by atoms with Crippen molar-refractivity contribution < 1.29 is 9.84 Å². The van der Waals surface area contributed by atoms with E-state index in [9.17, 15) is 5.11 Å². The van der Waals surface area contributed by atoms with Crippen LogP contribution < -0.4 is 4.74 Å². The van der Waals surface area contributed by atoms with Gasteiger partial charge in [-0.3, -0.25) is 0 Å². The van der Waals surface area contributed by atoms with Gasteiger partial charge >= 0.3 is 0 Å². The average Bonchev–Trinajstić information content (AvgIpc) is 2.42. The minimum atomic E-state index is -0.491. The van der Waals surface area contributed by atoms with Crippen LogP contribution >= 0.6 is 31.9 Å². The summed E-state index contributed by atoms with van der Waals surface area (Å²) >= 11 is 7.00. The molecule has 0 bridgehead atoms. The van der Waals surface area contributed by atoms with Crippen molar-refractivity contribution in [1.82, 2.24) is 0 Å². The lowest BCUT2D eigenvalue weighted by molar-refractivity contribution is 0.199. The summed E-state index contributed by atoms with van der Waals surface area (Å²) in [6, 6.07) is 11.6. The Kier molecular flexibility index (Phi) is 5.47. The van der Waals surface area contributed by atoms with E-state index in [-0.39, 0.29) is 0 Å². The number of rotatable bonds is 4. The Bertz CT molecular complexity index is 637. The van der Waals surface area contributed by atoms with Gasteiger partial charge in [0.05, 0.1) is 10.6 Å². The van der Waals surface area contributed by atoms with Crippen molar-refractivity contribution in [3.63, 3.8) is 0 Å². The van der Waals surface area contributed by atoms with Crippen molar-refractivity contribution in [2.75, 3.05) is 0 Å². The van der Waals surface area contributed by atoms with Crippen LogP contribution in [-0.2, 0) is 0 Å². The molecule has 4 heteroatoms. The summed E-state index contributed by atoms with van der Waals surface area (Å²) < 4.78 is 7.92. The first-order valence-corrected chi connectivity index (χ1v) is 8.42. The molecule has 0 amide bonds. The van der Waals surface area contributed by atoms with Gasteiger partial charge in [-0.15, -0.1) is 0 Å². The van der Waals surface area contributed by atoms with Crippen LogP contribution in [0.15, 0.2) is 45.3 Å². The van der Waals surface area contributed by atoms with Crippen LogP contribution in [0, 0.1) is 0 Å². The lowest BCUT2D eigenvalue weighted by atomic mass is 10.0. The van der Waals surface area contributed by atoms with Crippen LogP contribution in [0.25, 0.3) is 0 Å². The monoisotopic (exact) mass is 412 g/mol. The molecule has 0 aliphatic carbocycles. The maximum atomic E-state index is 9.61. The van der Waals surface area contributed by atoms with Crippen LogP contribution in [0.1, 0.15) is 43.9 Å². The fourth-order valence-corrected chi connectivity index (χ4v) is 2.90. The molecule has 1 atom stereocenters. The maximum Gasteiger partial charge on any atom is 0.141 e. The molecule has 21 heavy (non-hydrogen) atoms. The molecule has 0 spiro atoms. The first kappa shape index (κ1) is 16.5. The van der Waals surface area contributed by atoms with Gasteiger partial charge in [0.15, 0.2) is 0 Å². The van der Waals surface area contributed by atoms with Gasteiger partial charge in [0.25, 0.3) is 0 Å². The highest BCUT2D eigenvalue weighted by atomic mass is 79.9. The number of benzene rings is 2. The molecule has 0 radical (unpaired) electrons. The Balaban J connectivity index is 2.34. The fraction of sp³-hybridized carbons (Fsp3) is 0.294. The number of halogens is 2. The van der Waals surface area contributed by atoms with Crippen molar-refractivity contribution in [3.8, 4) is 11.5 Å². The Hall–Kier alpha value is -0.840. The Morgan fingerprint density at radius 1 is 0.952 bits per heavy atom. The van der Waals surface area contributed by atoms with Gasteiger partial charge in [-0.1, -0.05) is 35.8 Å². The number of aliphatic hydroxyl groups excluding tert-OH is 1. The highest BCUT2D eigenvalue weighted by Crippen LogP contribution is 2.36. The second-order valence-corrected chi connectivity index (χ2v) is 7.07. The zero-order chi connectivity index (χ0) is 15.6. The Morgan fingerprint density at radius 3 is 2.19 bits per heavy atom. The van der Waals surface area contributed by atoms with Gasteiger partial charge in [-0.25, -0.2) is 0 Å². The molecule has 0 fully saturated rings. The van der Waals surface area contributed by atoms with E-state index in [0.717, 1.165) is 31.6 Å². The van der Waals surface area contributed by atoms with E-state index in [1.54, 1.807) is 6.92 Å². The second kappa shape index (κ2) is 6.95. The van der Waals surface area contributed by atoms with E-state index in [4.69, 9.17) is 4.74 Å². The van der Waals surface area contributed by atoms with Crippen molar-refractivity contribution in [1.29, 1.82) is 0 Å². The quantitative estimate of drug-likeness (QED) is 0.648. The van der Waals surface area contributed by atoms with Gasteiger partial charge in [0.1, 0.15) is 11.5 Å². The molecule has 0 aliphatic heterocycles. The molecule has 0 aromatic heterocycles. The molecular formula is C17H18Br2O2. The van der Waals surface area contributed by atoms with E-state index in [2.05, 4.69) is 51.8 Å². The van der Waals surface area contributed by atoms with Crippen LogP contribution in [-0.4, -0.2) is 5.11 Å². The largest absolute Gasteiger partial charge is 0.456 e. The molecule has 0 heterocycles. The van der Waals surface area contributed by atoms with Crippen molar-refractivity contribution in [2.45, 2.75) is 32.8 Å². The minimum absolute atomic E-state index is 0.369. The lowest BCUT2D eigenvalue weighted by Gasteiger charge is -2.16. The molecule has 0 aliphatic rings. The predicted octanol–water partition coefficient (Wildman–Crippen LogP) is 6.18. The van der Waals surface area contributed by atoms with Gasteiger partial charge in [-0.05, 0) is 70.2 Å². The lowest BCUT2D eigenvalue weighted by Crippen LogP contribution is -1.96. The van der Waals surface area contributed by atoms with E-state index in [0.29, 0.717) is 5.92 Å². The fourth-order valence-electron chi connectivity index (χ4n) is 2.04. The summed E-state index contributed by atoms with van der Waals surface area (Å²) in [4.78, 5) is 0. The molecule has 0 unspecified atom stereocenters. The van der Waals surface area contributed by atoms with Gasteiger partial charge in [-0.2, -0.15) is 0 Å². The summed E-state index contributed by atoms with van der Waals surface area (Å²) in [5, 5.41) is 9.61. The molecule has 1 N–H and O–H groups in total. The second-order valence-electron chi connectivity index (χ2n) is 5.30. The van der Waals surface area contributed by atoms with Crippen molar-refractivity contribution in [3.05, 3.63) is 56.5 Å². The van der Waals surface area contributed by atoms with Crippen LogP contribution in [0.3, 0.4) is 0 Å². The summed E-state index contributed by atoms with van der Waals surface area (Å²) in [6.07, 6.45) is -0.491. The number of hydrogen-bond donors (Lipinski definition) is 1. The molecule has 0 saturated heterocycles. The molecule has 0 saturated carbocycles. The molecule has 2 rings (SSSR count). The van der Waals surface area contributed by atoms with E-state index in [1.165, 1.54) is 0 Å². The van der Waals surface area contributed by atoms with Crippen molar-refractivity contribution >= 4 is 31.9 Å². The number of aliphatic hydroxyl groups is 1. The Labute approximate surface area is 142 Å².